The van der Waals surface area contributed by atoms with Crippen LogP contribution in [0.15, 0.2) is 35.4 Å². The zero-order valence-corrected chi connectivity index (χ0v) is 14.7. The molecule has 1 aliphatic carbocycles. The number of aromatic nitrogens is 3. The van der Waals surface area contributed by atoms with E-state index in [0.29, 0.717) is 23.4 Å². The molecule has 1 fully saturated rings. The van der Waals surface area contributed by atoms with Crippen LogP contribution < -0.4 is 15.4 Å². The number of fused-ring (bicyclic) bond motifs is 2. The average Bonchev–Trinajstić information content (AvgIpc) is 3.15. The topological polar surface area (TPSA) is 112 Å². The Hall–Kier alpha value is -2.65. The maximum absolute atomic E-state index is 11.9. The third kappa shape index (κ3) is 2.60. The molecular formula is C17H18N6O2S. The van der Waals surface area contributed by atoms with E-state index < -0.39 is 10.0 Å². The molecule has 2 aliphatic rings. The van der Waals surface area contributed by atoms with Gasteiger partial charge in [-0.25, -0.2) is 13.1 Å². The van der Waals surface area contributed by atoms with Crippen molar-refractivity contribution in [1.82, 2.24) is 19.7 Å². The summed E-state index contributed by atoms with van der Waals surface area (Å²) in [5.41, 5.74) is 2.25. The van der Waals surface area contributed by atoms with Gasteiger partial charge in [-0.15, -0.1) is 0 Å². The molecule has 0 saturated heterocycles. The molecule has 5 rings (SSSR count). The number of hydrogen-bond acceptors (Lipinski definition) is 6. The van der Waals surface area contributed by atoms with Crippen molar-refractivity contribution in [3.05, 3.63) is 36.0 Å². The number of anilines is 3. The van der Waals surface area contributed by atoms with Gasteiger partial charge in [0.25, 0.3) is 0 Å². The zero-order valence-electron chi connectivity index (χ0n) is 13.9. The number of nitrogens with one attached hydrogen (secondary N) is 4. The van der Waals surface area contributed by atoms with Crippen molar-refractivity contribution in [3.8, 4) is 0 Å². The minimum atomic E-state index is -3.36. The van der Waals surface area contributed by atoms with Crippen LogP contribution in [0.4, 0.5) is 17.5 Å². The van der Waals surface area contributed by atoms with Gasteiger partial charge in [-0.1, -0.05) is 0 Å². The van der Waals surface area contributed by atoms with E-state index in [2.05, 4.69) is 30.3 Å². The van der Waals surface area contributed by atoms with Gasteiger partial charge in [-0.05, 0) is 49.1 Å². The molecule has 1 aliphatic heterocycles. The van der Waals surface area contributed by atoms with Crippen molar-refractivity contribution in [1.29, 1.82) is 0 Å². The van der Waals surface area contributed by atoms with Crippen LogP contribution in [0, 0.1) is 0 Å². The van der Waals surface area contributed by atoms with Crippen LogP contribution >= 0.6 is 0 Å². The van der Waals surface area contributed by atoms with Gasteiger partial charge in [0.15, 0.2) is 0 Å². The number of H-pyrrole nitrogens is 1. The zero-order chi connectivity index (χ0) is 17.7. The van der Waals surface area contributed by atoms with Gasteiger partial charge in [-0.2, -0.15) is 9.97 Å². The van der Waals surface area contributed by atoms with Crippen molar-refractivity contribution < 1.29 is 8.42 Å². The van der Waals surface area contributed by atoms with Crippen LogP contribution in [0.3, 0.4) is 0 Å². The van der Waals surface area contributed by atoms with E-state index in [9.17, 15) is 8.42 Å². The number of hydrogen-bond donors (Lipinski definition) is 4. The molecule has 3 heterocycles. The lowest BCUT2D eigenvalue weighted by Gasteiger charge is -2.27. The van der Waals surface area contributed by atoms with Gasteiger partial charge in [0, 0.05) is 24.5 Å². The normalized spacial score (nSPS) is 18.5. The van der Waals surface area contributed by atoms with Gasteiger partial charge in [0.1, 0.15) is 11.5 Å². The van der Waals surface area contributed by atoms with Gasteiger partial charge in [0.05, 0.1) is 10.3 Å². The third-order valence-electron chi connectivity index (χ3n) is 4.92. The van der Waals surface area contributed by atoms with Crippen LogP contribution in [0.25, 0.3) is 11.0 Å². The average molecular weight is 370 g/mol. The molecule has 8 nitrogen and oxygen atoms in total. The van der Waals surface area contributed by atoms with E-state index in [-0.39, 0.29) is 0 Å². The molecule has 1 aromatic carbocycles. The molecule has 4 N–H and O–H groups in total. The summed E-state index contributed by atoms with van der Waals surface area (Å²) in [5.74, 6) is 1.28. The second kappa shape index (κ2) is 5.68. The molecule has 0 radical (unpaired) electrons. The number of nitrogens with zero attached hydrogens (tertiary/aromatic N) is 2. The molecule has 9 heteroatoms. The molecule has 0 spiro atoms. The van der Waals surface area contributed by atoms with Crippen LogP contribution in [0.2, 0.25) is 0 Å². The van der Waals surface area contributed by atoms with E-state index >= 15 is 0 Å². The third-order valence-corrected chi connectivity index (χ3v) is 6.42. The minimum Gasteiger partial charge on any atom is -0.367 e. The van der Waals surface area contributed by atoms with Crippen LogP contribution in [0.5, 0.6) is 0 Å². The largest absolute Gasteiger partial charge is 0.367 e. The van der Waals surface area contributed by atoms with Crippen molar-refractivity contribution in [2.75, 3.05) is 10.6 Å². The molecule has 0 atom stereocenters. The van der Waals surface area contributed by atoms with E-state index in [1.807, 2.05) is 18.3 Å². The Morgan fingerprint density at radius 1 is 1.15 bits per heavy atom. The van der Waals surface area contributed by atoms with Crippen molar-refractivity contribution in [2.24, 2.45) is 0 Å². The summed E-state index contributed by atoms with van der Waals surface area (Å²) in [6, 6.07) is 7.57. The van der Waals surface area contributed by atoms with E-state index in [0.717, 1.165) is 40.9 Å². The highest BCUT2D eigenvalue weighted by molar-refractivity contribution is 7.89. The monoisotopic (exact) mass is 370 g/mol. The molecule has 0 bridgehead atoms. The Morgan fingerprint density at radius 2 is 2.04 bits per heavy atom. The highest BCUT2D eigenvalue weighted by atomic mass is 32.2. The lowest BCUT2D eigenvalue weighted by atomic mass is 9.93. The van der Waals surface area contributed by atoms with E-state index in [1.54, 1.807) is 12.1 Å². The van der Waals surface area contributed by atoms with E-state index in [1.165, 1.54) is 6.42 Å². The maximum Gasteiger partial charge on any atom is 0.241 e. The molecule has 134 valence electrons. The highest BCUT2D eigenvalue weighted by Gasteiger charge is 2.25. The number of aromatic amines is 1. The molecule has 0 amide bonds. The van der Waals surface area contributed by atoms with Gasteiger partial charge in [-0.3, -0.25) is 0 Å². The fraction of sp³-hybridized carbons (Fsp3) is 0.294. The van der Waals surface area contributed by atoms with Crippen molar-refractivity contribution in [2.45, 2.75) is 36.7 Å². The summed E-state index contributed by atoms with van der Waals surface area (Å²) in [6.45, 7) is 0.304. The highest BCUT2D eigenvalue weighted by Crippen LogP contribution is 2.29. The number of benzene rings is 1. The second-order valence-corrected chi connectivity index (χ2v) is 8.42. The molecule has 2 aromatic heterocycles. The first-order chi connectivity index (χ1) is 12.6. The Kier molecular flexibility index (Phi) is 3.41. The van der Waals surface area contributed by atoms with Gasteiger partial charge < -0.3 is 15.6 Å². The second-order valence-electron chi connectivity index (χ2n) is 6.68. The van der Waals surface area contributed by atoms with Crippen molar-refractivity contribution >= 4 is 38.5 Å². The quantitative estimate of drug-likeness (QED) is 0.561. The van der Waals surface area contributed by atoms with Crippen LogP contribution in [-0.2, 0) is 16.6 Å². The summed E-state index contributed by atoms with van der Waals surface area (Å²) in [7, 11) is -3.36. The Balaban J connectivity index is 1.48. The fourth-order valence-electron chi connectivity index (χ4n) is 3.29. The summed E-state index contributed by atoms with van der Waals surface area (Å²) >= 11 is 0. The summed E-state index contributed by atoms with van der Waals surface area (Å²) < 4.78 is 26.2. The van der Waals surface area contributed by atoms with Gasteiger partial charge >= 0.3 is 0 Å². The standard InChI is InChI=1S/C17H18N6O2S/c24-26(25)14-5-4-12(8-10(14)9-19-26)21-17-22-15-13(6-7-18-15)16(23-17)20-11-2-1-3-11/h4-8,11,19H,1-3,9H2,(H3,18,20,21,22,23). The maximum atomic E-state index is 11.9. The van der Waals surface area contributed by atoms with Crippen molar-refractivity contribution in [3.63, 3.8) is 0 Å². The molecule has 3 aromatic rings. The Labute approximate surface area is 150 Å². The first-order valence-electron chi connectivity index (χ1n) is 8.60. The number of rotatable bonds is 4. The summed E-state index contributed by atoms with van der Waals surface area (Å²) in [5, 5.41) is 7.64. The first kappa shape index (κ1) is 15.6. The van der Waals surface area contributed by atoms with Crippen LogP contribution in [-0.4, -0.2) is 29.4 Å². The number of sulfonamides is 1. The summed E-state index contributed by atoms with van der Waals surface area (Å²) in [4.78, 5) is 12.6. The lowest BCUT2D eigenvalue weighted by Crippen LogP contribution is -2.27. The molecular weight excluding hydrogens is 352 g/mol. The fourth-order valence-corrected chi connectivity index (χ4v) is 4.51. The smallest absolute Gasteiger partial charge is 0.241 e. The minimum absolute atomic E-state index is 0.304. The summed E-state index contributed by atoms with van der Waals surface area (Å²) in [6.07, 6.45) is 5.41. The Bertz CT molecular complexity index is 1100. The molecule has 26 heavy (non-hydrogen) atoms. The molecule has 1 saturated carbocycles. The molecule has 0 unspecified atom stereocenters. The van der Waals surface area contributed by atoms with Crippen LogP contribution in [0.1, 0.15) is 24.8 Å². The Morgan fingerprint density at radius 3 is 2.85 bits per heavy atom. The first-order valence-corrected chi connectivity index (χ1v) is 10.1. The predicted molar refractivity (Wildman–Crippen MR) is 98.9 cm³/mol. The van der Waals surface area contributed by atoms with E-state index in [4.69, 9.17) is 0 Å². The van der Waals surface area contributed by atoms with Gasteiger partial charge in [0.2, 0.25) is 16.0 Å². The SMILES string of the molecule is O=S1(=O)NCc2cc(Nc3nc(NC4CCC4)c4cc[nH]c4n3)ccc21. The predicted octanol–water partition coefficient (Wildman–Crippen LogP) is 2.46. The lowest BCUT2D eigenvalue weighted by molar-refractivity contribution is 0.445.